The lowest BCUT2D eigenvalue weighted by atomic mass is 9.78. The van der Waals surface area contributed by atoms with Crippen molar-refractivity contribution < 1.29 is 9.31 Å². The third kappa shape index (κ3) is 2.82. The highest BCUT2D eigenvalue weighted by atomic mass is 16.7. The Morgan fingerprint density at radius 3 is 2.44 bits per heavy atom. The van der Waals surface area contributed by atoms with Gasteiger partial charge in [0.05, 0.1) is 34.5 Å². The fourth-order valence-electron chi connectivity index (χ4n) is 3.19. The molecule has 0 aliphatic carbocycles. The van der Waals surface area contributed by atoms with Gasteiger partial charge in [-0.05, 0) is 64.3 Å². The average Bonchev–Trinajstić information content (AvgIpc) is 3.12. The van der Waals surface area contributed by atoms with E-state index in [0.717, 1.165) is 22.1 Å². The second kappa shape index (κ2) is 5.91. The number of hydrogen-bond acceptors (Lipinski definition) is 5. The lowest BCUT2D eigenvalue weighted by molar-refractivity contribution is 0.00578. The minimum Gasteiger partial charge on any atom is -0.399 e. The first-order valence-electron chi connectivity index (χ1n) is 8.93. The van der Waals surface area contributed by atoms with Crippen LogP contribution in [0.4, 0.5) is 0 Å². The van der Waals surface area contributed by atoms with Gasteiger partial charge in [-0.1, -0.05) is 6.07 Å². The number of aromatic nitrogens is 3. The van der Waals surface area contributed by atoms with Crippen molar-refractivity contribution in [1.29, 1.82) is 5.26 Å². The normalized spacial score (nSPS) is 18.0. The molecule has 0 bridgehead atoms. The number of benzene rings is 1. The van der Waals surface area contributed by atoms with Gasteiger partial charge in [0.2, 0.25) is 0 Å². The second-order valence-electron chi connectivity index (χ2n) is 7.89. The summed E-state index contributed by atoms with van der Waals surface area (Å²) < 4.78 is 14.1. The molecule has 3 heterocycles. The molecule has 7 heteroatoms. The molecular weight excluding hydrogens is 339 g/mol. The van der Waals surface area contributed by atoms with Crippen LogP contribution < -0.4 is 5.46 Å². The van der Waals surface area contributed by atoms with E-state index in [0.29, 0.717) is 11.4 Å². The molecule has 3 aromatic rings. The molecule has 0 amide bonds. The molecule has 1 fully saturated rings. The Bertz CT molecular complexity index is 1070. The zero-order valence-electron chi connectivity index (χ0n) is 16.1. The summed E-state index contributed by atoms with van der Waals surface area (Å²) in [4.78, 5) is 4.55. The number of fused-ring (bicyclic) bond motifs is 1. The van der Waals surface area contributed by atoms with Crippen LogP contribution in [0.25, 0.3) is 16.7 Å². The summed E-state index contributed by atoms with van der Waals surface area (Å²) in [6.45, 7) is 9.98. The maximum atomic E-state index is 9.65. The molecule has 0 unspecified atom stereocenters. The summed E-state index contributed by atoms with van der Waals surface area (Å²) in [5, 5.41) is 14.9. The number of nitriles is 1. The van der Waals surface area contributed by atoms with Gasteiger partial charge in [0, 0.05) is 11.1 Å². The number of rotatable bonds is 2. The van der Waals surface area contributed by atoms with Gasteiger partial charge in [-0.15, -0.1) is 0 Å². The molecule has 2 aromatic heterocycles. The predicted octanol–water partition coefficient (Wildman–Crippen LogP) is 2.90. The minimum atomic E-state index is -0.541. The highest BCUT2D eigenvalue weighted by molar-refractivity contribution is 6.62. The molecule has 136 valence electrons. The van der Waals surface area contributed by atoms with E-state index in [4.69, 9.17) is 9.31 Å². The summed E-state index contributed by atoms with van der Waals surface area (Å²) in [6.07, 6.45) is 1.70. The first kappa shape index (κ1) is 17.7. The van der Waals surface area contributed by atoms with E-state index in [9.17, 15) is 5.26 Å². The first-order chi connectivity index (χ1) is 12.7. The lowest BCUT2D eigenvalue weighted by Crippen LogP contribution is -2.41. The SMILES string of the molecule is Cc1cccc(-n2ncc3c(C#N)cc(B4OC(C)(C)C(C)(C)O4)cc32)n1. The molecule has 0 atom stereocenters. The molecule has 27 heavy (non-hydrogen) atoms. The van der Waals surface area contributed by atoms with Crippen LogP contribution in [0, 0.1) is 18.3 Å². The summed E-state index contributed by atoms with van der Waals surface area (Å²) >= 11 is 0. The van der Waals surface area contributed by atoms with E-state index in [1.54, 1.807) is 10.9 Å². The highest BCUT2D eigenvalue weighted by Gasteiger charge is 2.51. The smallest absolute Gasteiger partial charge is 0.399 e. The fraction of sp³-hybridized carbons (Fsp3) is 0.350. The Balaban J connectivity index is 1.87. The average molecular weight is 360 g/mol. The molecule has 1 aromatic carbocycles. The molecule has 6 nitrogen and oxygen atoms in total. The lowest BCUT2D eigenvalue weighted by Gasteiger charge is -2.32. The van der Waals surface area contributed by atoms with Crippen LogP contribution in [0.15, 0.2) is 36.5 Å². The van der Waals surface area contributed by atoms with Crippen molar-refractivity contribution in [3.05, 3.63) is 47.8 Å². The second-order valence-corrected chi connectivity index (χ2v) is 7.89. The quantitative estimate of drug-likeness (QED) is 0.657. The number of hydrogen-bond donors (Lipinski definition) is 0. The van der Waals surface area contributed by atoms with Crippen molar-refractivity contribution in [2.24, 2.45) is 0 Å². The van der Waals surface area contributed by atoms with Crippen LogP contribution in [0.5, 0.6) is 0 Å². The zero-order chi connectivity index (χ0) is 19.4. The van der Waals surface area contributed by atoms with Crippen molar-refractivity contribution in [2.45, 2.75) is 45.8 Å². The molecule has 0 N–H and O–H groups in total. The van der Waals surface area contributed by atoms with Crippen molar-refractivity contribution in [3.8, 4) is 11.9 Å². The van der Waals surface area contributed by atoms with Crippen LogP contribution in [-0.2, 0) is 9.31 Å². The Kier molecular flexibility index (Phi) is 3.88. The van der Waals surface area contributed by atoms with Gasteiger partial charge in [-0.3, -0.25) is 0 Å². The van der Waals surface area contributed by atoms with Crippen LogP contribution in [0.2, 0.25) is 0 Å². The van der Waals surface area contributed by atoms with Crippen LogP contribution in [0.3, 0.4) is 0 Å². The van der Waals surface area contributed by atoms with Gasteiger partial charge in [0.25, 0.3) is 0 Å². The fourth-order valence-corrected chi connectivity index (χ4v) is 3.19. The Morgan fingerprint density at radius 2 is 1.81 bits per heavy atom. The molecule has 4 rings (SSSR count). The number of nitrogens with zero attached hydrogens (tertiary/aromatic N) is 4. The summed E-state index contributed by atoms with van der Waals surface area (Å²) in [5.74, 6) is 0.708. The summed E-state index contributed by atoms with van der Waals surface area (Å²) in [7, 11) is -0.541. The third-order valence-corrected chi connectivity index (χ3v) is 5.45. The zero-order valence-corrected chi connectivity index (χ0v) is 16.1. The highest BCUT2D eigenvalue weighted by Crippen LogP contribution is 2.36. The third-order valence-electron chi connectivity index (χ3n) is 5.45. The van der Waals surface area contributed by atoms with Gasteiger partial charge in [0.15, 0.2) is 5.82 Å². The molecule has 1 aliphatic heterocycles. The largest absolute Gasteiger partial charge is 0.494 e. The molecule has 0 saturated carbocycles. The van der Waals surface area contributed by atoms with E-state index in [2.05, 4.69) is 16.2 Å². The van der Waals surface area contributed by atoms with Crippen LogP contribution in [0.1, 0.15) is 39.0 Å². The standard InChI is InChI=1S/C20H21BN4O2/c1-13-7-6-8-18(24-13)25-17-10-15(9-14(11-22)16(17)12-23-25)21-26-19(2,3)20(4,5)27-21/h6-10,12H,1-5H3. The van der Waals surface area contributed by atoms with E-state index in [1.165, 1.54) is 0 Å². The molecule has 0 radical (unpaired) electrons. The number of aryl methyl sites for hydroxylation is 1. The predicted molar refractivity (Wildman–Crippen MR) is 104 cm³/mol. The van der Waals surface area contributed by atoms with E-state index in [1.807, 2.05) is 65.0 Å². The van der Waals surface area contributed by atoms with Gasteiger partial charge < -0.3 is 9.31 Å². The Hall–Kier alpha value is -2.69. The maximum absolute atomic E-state index is 9.65. The van der Waals surface area contributed by atoms with Gasteiger partial charge in [-0.25, -0.2) is 9.67 Å². The summed E-state index contributed by atoms with van der Waals surface area (Å²) in [6, 6.07) is 11.8. The maximum Gasteiger partial charge on any atom is 0.494 e. The van der Waals surface area contributed by atoms with Crippen molar-refractivity contribution in [2.75, 3.05) is 0 Å². The van der Waals surface area contributed by atoms with Gasteiger partial charge in [0.1, 0.15) is 0 Å². The molecule has 1 saturated heterocycles. The van der Waals surface area contributed by atoms with E-state index < -0.39 is 18.3 Å². The Labute approximate surface area is 158 Å². The molecule has 0 spiro atoms. The monoisotopic (exact) mass is 360 g/mol. The van der Waals surface area contributed by atoms with Crippen molar-refractivity contribution in [3.63, 3.8) is 0 Å². The Morgan fingerprint density at radius 1 is 1.11 bits per heavy atom. The van der Waals surface area contributed by atoms with Crippen molar-refractivity contribution in [1.82, 2.24) is 14.8 Å². The van der Waals surface area contributed by atoms with Gasteiger partial charge in [-0.2, -0.15) is 10.4 Å². The first-order valence-corrected chi connectivity index (χ1v) is 8.93. The topological polar surface area (TPSA) is 73.0 Å². The summed E-state index contributed by atoms with van der Waals surface area (Å²) in [5.41, 5.74) is 2.15. The van der Waals surface area contributed by atoms with Crippen LogP contribution >= 0.6 is 0 Å². The van der Waals surface area contributed by atoms with E-state index in [-0.39, 0.29) is 0 Å². The molecule has 1 aliphatic rings. The van der Waals surface area contributed by atoms with Gasteiger partial charge >= 0.3 is 7.12 Å². The molecular formula is C20H21BN4O2. The van der Waals surface area contributed by atoms with E-state index >= 15 is 0 Å². The minimum absolute atomic E-state index is 0.447. The van der Waals surface area contributed by atoms with Crippen LogP contribution in [-0.4, -0.2) is 33.1 Å². The number of pyridine rings is 1. The van der Waals surface area contributed by atoms with Crippen molar-refractivity contribution >= 4 is 23.5 Å².